The number of ketones is 1. The van der Waals surface area contributed by atoms with Gasteiger partial charge in [0.15, 0.2) is 29.4 Å². The minimum atomic E-state index is -4.33. The third-order valence-electron chi connectivity index (χ3n) is 12.7. The molecule has 2 fully saturated rings. The first-order chi connectivity index (χ1) is 34.2. The smallest absolute Gasteiger partial charge is 0.335 e. The number of fused-ring (bicyclic) bond motifs is 2. The molecule has 12 heteroatoms. The van der Waals surface area contributed by atoms with Gasteiger partial charge in [-0.2, -0.15) is 0 Å². The summed E-state index contributed by atoms with van der Waals surface area (Å²) in [6.45, 7) is 9.61. The quantitative estimate of drug-likeness (QED) is 0.0781. The Kier molecular flexibility index (Phi) is 19.6. The van der Waals surface area contributed by atoms with Crippen LogP contribution < -0.4 is 14.6 Å². The van der Waals surface area contributed by atoms with Crippen LogP contribution in [0, 0.1) is 16.7 Å². The molecule has 9 nitrogen and oxygen atoms in total. The fourth-order valence-electron chi connectivity index (χ4n) is 8.88. The Labute approximate surface area is 425 Å². The van der Waals surface area contributed by atoms with Crippen LogP contribution in [0.4, 0.5) is 0 Å². The summed E-state index contributed by atoms with van der Waals surface area (Å²) in [5.41, 5.74) is -1.40. The van der Waals surface area contributed by atoms with Crippen molar-refractivity contribution < 1.29 is 42.2 Å². The van der Waals surface area contributed by atoms with E-state index >= 15 is 0 Å². The fourth-order valence-corrected chi connectivity index (χ4v) is 14.3. The highest BCUT2D eigenvalue weighted by Crippen LogP contribution is 2.64. The van der Waals surface area contributed by atoms with Crippen LogP contribution >= 0.6 is 0 Å². The first kappa shape index (κ1) is 54.0. The van der Waals surface area contributed by atoms with Gasteiger partial charge in [-0.15, -0.1) is 0 Å². The van der Waals surface area contributed by atoms with Gasteiger partial charge in [0.05, 0.1) is 56.4 Å². The number of carbonyl (C=O) groups excluding carboxylic acids is 1. The van der Waals surface area contributed by atoms with Crippen molar-refractivity contribution in [2.24, 2.45) is 16.7 Å². The normalized spacial score (nSPS) is 16.4. The summed E-state index contributed by atoms with van der Waals surface area (Å²) in [5.74, 6) is -0.0152. The van der Waals surface area contributed by atoms with Crippen LogP contribution in [-0.4, -0.2) is 48.8 Å². The molecule has 0 aliphatic heterocycles. The van der Waals surface area contributed by atoms with Crippen molar-refractivity contribution in [1.29, 1.82) is 0 Å². The van der Waals surface area contributed by atoms with Crippen molar-refractivity contribution in [3.63, 3.8) is 0 Å². The van der Waals surface area contributed by atoms with Crippen LogP contribution in [-0.2, 0) is 36.7 Å². The van der Waals surface area contributed by atoms with E-state index in [-0.39, 0.29) is 44.5 Å². The third kappa shape index (κ3) is 14.4. The summed E-state index contributed by atoms with van der Waals surface area (Å²) in [6.07, 6.45) is 3.93. The number of benzene rings is 7. The molecule has 71 heavy (non-hydrogen) atoms. The Morgan fingerprint density at radius 1 is 0.592 bits per heavy atom. The van der Waals surface area contributed by atoms with Crippen molar-refractivity contribution in [3.05, 3.63) is 200 Å². The van der Waals surface area contributed by atoms with Crippen LogP contribution in [0.3, 0.4) is 0 Å². The van der Waals surface area contributed by atoms with Crippen molar-refractivity contribution in [1.82, 2.24) is 0 Å². The van der Waals surface area contributed by atoms with Gasteiger partial charge in [0.1, 0.15) is 17.3 Å². The minimum absolute atomic E-state index is 0.0248. The van der Waals surface area contributed by atoms with E-state index in [2.05, 4.69) is 184 Å². The van der Waals surface area contributed by atoms with Crippen LogP contribution in [0.25, 0.3) is 0 Å². The molecule has 2 aliphatic rings. The maximum absolute atomic E-state index is 11.8. The lowest BCUT2D eigenvalue weighted by atomic mass is 9.70. The van der Waals surface area contributed by atoms with Gasteiger partial charge >= 0.3 is 5.97 Å². The van der Waals surface area contributed by atoms with Gasteiger partial charge in [0.2, 0.25) is 0 Å². The highest BCUT2D eigenvalue weighted by atomic mass is 32.2. The molecule has 2 bridgehead atoms. The number of rotatable bonds is 15. The van der Waals surface area contributed by atoms with E-state index in [4.69, 9.17) is 14.6 Å². The van der Waals surface area contributed by atoms with Crippen LogP contribution in [0.15, 0.2) is 223 Å². The standard InChI is InChI=1S/2C21H21OS.C10H16O4S.C7H6O3/c2*1-2-17-22-18-13-15-21(16-14-18)23(19-9-5-3-6-10-19)20-11-7-4-8-12-20;1-9(2)7-3-4-10(9,8(11)5-7)6-15(12,13)14;8-6-4-2-1-3-5(6)7(9)10/h2*3-16H,2,17H2,1H3;7H,3-6H2,1-2H3,(H,12,13,14);1-4,8H,(H,9,10)/q2*+1;;/p-2. The van der Waals surface area contributed by atoms with E-state index < -0.39 is 33.0 Å². The van der Waals surface area contributed by atoms with E-state index in [1.165, 1.54) is 53.6 Å². The van der Waals surface area contributed by atoms with Gasteiger partial charge in [-0.3, -0.25) is 4.79 Å². The van der Waals surface area contributed by atoms with Crippen molar-refractivity contribution in [3.8, 4) is 17.2 Å². The van der Waals surface area contributed by atoms with E-state index in [1.54, 1.807) is 0 Å². The second-order valence-electron chi connectivity index (χ2n) is 17.7. The van der Waals surface area contributed by atoms with Gasteiger partial charge in [-0.05, 0) is 140 Å². The zero-order chi connectivity index (χ0) is 50.9. The van der Waals surface area contributed by atoms with E-state index in [0.717, 1.165) is 44.0 Å². The number of para-hydroxylation sites is 1. The van der Waals surface area contributed by atoms with Crippen molar-refractivity contribution in [2.45, 2.75) is 89.2 Å². The lowest BCUT2D eigenvalue weighted by Crippen LogP contribution is -2.42. The summed E-state index contributed by atoms with van der Waals surface area (Å²) in [6, 6.07) is 65.4. The molecule has 7 aromatic carbocycles. The molecule has 1 N–H and O–H groups in total. The Balaban J connectivity index is 0.000000162. The minimum Gasteiger partial charge on any atom is -0.872 e. The molecule has 0 aromatic heterocycles. The summed E-state index contributed by atoms with van der Waals surface area (Å²) < 4.78 is 44.1. The van der Waals surface area contributed by atoms with E-state index in [1.807, 2.05) is 13.8 Å². The second-order valence-corrected chi connectivity index (χ2v) is 23.1. The van der Waals surface area contributed by atoms with Crippen LogP contribution in [0.1, 0.15) is 70.2 Å². The SMILES string of the molecule is CC1(C)C2CCC1(CS(=O)(=O)[O-])C(=O)C2.CCCOc1ccc([S+](c2ccccc2)c2ccccc2)cc1.CCCOc1ccc([S+](c2ccccc2)c2ccccc2)cc1.O=C(O)c1ccccc1[O-]. The molecular weight excluding hydrogens is 949 g/mol. The number of Topliss-reactive ketones (excluding diaryl/α,β-unsaturated/α-hetero) is 1. The third-order valence-corrected chi connectivity index (χ3v) is 18.0. The molecule has 0 radical (unpaired) electrons. The number of ether oxygens (including phenoxy) is 2. The number of hydrogen-bond donors (Lipinski definition) is 1. The molecule has 2 aliphatic carbocycles. The maximum atomic E-state index is 11.8. The average Bonchev–Trinajstić information content (AvgIpc) is 3.72. The van der Waals surface area contributed by atoms with Gasteiger partial charge < -0.3 is 24.2 Å². The largest absolute Gasteiger partial charge is 0.872 e. The van der Waals surface area contributed by atoms with Crippen molar-refractivity contribution >= 4 is 43.7 Å². The number of hydrogen-bond acceptors (Lipinski definition) is 8. The van der Waals surface area contributed by atoms with Crippen LogP contribution in [0.5, 0.6) is 17.2 Å². The molecular formula is C59H62O9S3. The molecule has 370 valence electrons. The number of aromatic carboxylic acids is 1. The molecule has 0 saturated heterocycles. The monoisotopic (exact) mass is 1010 g/mol. The lowest BCUT2D eigenvalue weighted by molar-refractivity contribution is -0.268. The summed E-state index contributed by atoms with van der Waals surface area (Å²) in [4.78, 5) is 30.0. The average molecular weight is 1010 g/mol. The number of carbonyl (C=O) groups is 2. The molecule has 2 saturated carbocycles. The molecule has 0 amide bonds. The van der Waals surface area contributed by atoms with Gasteiger partial charge in [-0.1, -0.05) is 124 Å². The first-order valence-corrected chi connectivity index (χ1v) is 27.8. The first-order valence-electron chi connectivity index (χ1n) is 23.8. The molecule has 9 rings (SSSR count). The van der Waals surface area contributed by atoms with Gasteiger partial charge in [0, 0.05) is 11.8 Å². The number of carboxylic acids is 1. The molecule has 7 aromatic rings. The Morgan fingerprint density at radius 2 is 0.944 bits per heavy atom. The summed E-state index contributed by atoms with van der Waals surface area (Å²) in [7, 11) is -4.49. The Hall–Kier alpha value is -6.31. The Bertz CT molecular complexity index is 2640. The predicted octanol–water partition coefficient (Wildman–Crippen LogP) is 12.5. The van der Waals surface area contributed by atoms with E-state index in [9.17, 15) is 27.7 Å². The summed E-state index contributed by atoms with van der Waals surface area (Å²) >= 11 is 0. The Morgan fingerprint density at radius 3 is 1.23 bits per heavy atom. The predicted molar refractivity (Wildman–Crippen MR) is 281 cm³/mol. The fraction of sp³-hybridized carbons (Fsp3) is 0.254. The van der Waals surface area contributed by atoms with Gasteiger partial charge in [-0.25, -0.2) is 13.2 Å². The van der Waals surface area contributed by atoms with E-state index in [0.29, 0.717) is 12.8 Å². The molecule has 2 unspecified atom stereocenters. The highest BCUT2D eigenvalue weighted by molar-refractivity contribution is 7.97. The highest BCUT2D eigenvalue weighted by Gasteiger charge is 2.64. The second kappa shape index (κ2) is 25.7. The molecule has 0 spiro atoms. The number of carboxylic acid groups (broad SMARTS) is 1. The summed E-state index contributed by atoms with van der Waals surface area (Å²) in [5, 5.41) is 19.0. The zero-order valence-corrected chi connectivity index (χ0v) is 43.1. The molecule has 2 atom stereocenters. The van der Waals surface area contributed by atoms with Crippen molar-refractivity contribution in [2.75, 3.05) is 19.0 Å². The van der Waals surface area contributed by atoms with Gasteiger partial charge in [0.25, 0.3) is 0 Å². The molecule has 0 heterocycles. The maximum Gasteiger partial charge on any atom is 0.335 e. The lowest BCUT2D eigenvalue weighted by Gasteiger charge is -2.37. The topological polar surface area (TPSA) is 153 Å². The zero-order valence-electron chi connectivity index (χ0n) is 40.6. The van der Waals surface area contributed by atoms with Crippen LogP contribution in [0.2, 0.25) is 0 Å².